The minimum absolute atomic E-state index is 0.0786. The molecule has 0 spiro atoms. The van der Waals surface area contributed by atoms with E-state index >= 15 is 0 Å². The molecule has 20 heavy (non-hydrogen) atoms. The van der Waals surface area contributed by atoms with Gasteiger partial charge < -0.3 is 10.2 Å². The van der Waals surface area contributed by atoms with Crippen LogP contribution in [0.2, 0.25) is 5.02 Å². The Bertz CT molecular complexity index is 642. The Morgan fingerprint density at radius 2 is 1.95 bits per heavy atom. The van der Waals surface area contributed by atoms with Gasteiger partial charge in [-0.2, -0.15) is 0 Å². The quantitative estimate of drug-likeness (QED) is 0.920. The summed E-state index contributed by atoms with van der Waals surface area (Å²) < 4.78 is 0. The van der Waals surface area contributed by atoms with Gasteiger partial charge in [-0.05, 0) is 29.3 Å². The monoisotopic (exact) mass is 286 g/mol. The zero-order valence-electron chi connectivity index (χ0n) is 11.0. The minimum atomic E-state index is 0.0786. The third kappa shape index (κ3) is 2.69. The van der Waals surface area contributed by atoms with Gasteiger partial charge in [0.2, 0.25) is 5.91 Å². The molecule has 2 aromatic carbocycles. The summed E-state index contributed by atoms with van der Waals surface area (Å²) in [6.07, 6.45) is 0. The molecular weight excluding hydrogens is 272 g/mol. The number of hydrogen-bond acceptors (Lipinski definition) is 2. The van der Waals surface area contributed by atoms with Crippen molar-refractivity contribution >= 4 is 23.2 Å². The Kier molecular flexibility index (Phi) is 3.72. The molecule has 0 bridgehead atoms. The van der Waals surface area contributed by atoms with Gasteiger partial charge in [-0.15, -0.1) is 0 Å². The van der Waals surface area contributed by atoms with E-state index in [1.165, 1.54) is 0 Å². The van der Waals surface area contributed by atoms with Crippen molar-refractivity contribution in [3.63, 3.8) is 0 Å². The molecule has 1 heterocycles. The second-order valence-electron chi connectivity index (χ2n) is 4.84. The van der Waals surface area contributed by atoms with E-state index in [9.17, 15) is 4.79 Å². The van der Waals surface area contributed by atoms with Gasteiger partial charge in [0.05, 0.1) is 13.1 Å². The predicted molar refractivity (Wildman–Crippen MR) is 80.8 cm³/mol. The summed E-state index contributed by atoms with van der Waals surface area (Å²) in [5.74, 6) is 0.0786. The molecule has 0 fully saturated rings. The lowest BCUT2D eigenvalue weighted by molar-refractivity contribution is -0.117. The molecule has 4 heteroatoms. The summed E-state index contributed by atoms with van der Waals surface area (Å²) in [5, 5.41) is 3.85. The molecule has 0 saturated carbocycles. The third-order valence-corrected chi connectivity index (χ3v) is 3.64. The molecule has 2 aromatic rings. The highest BCUT2D eigenvalue weighted by molar-refractivity contribution is 6.30. The molecule has 102 valence electrons. The Labute approximate surface area is 123 Å². The van der Waals surface area contributed by atoms with Crippen LogP contribution in [0.15, 0.2) is 48.5 Å². The van der Waals surface area contributed by atoms with Gasteiger partial charge in [-0.3, -0.25) is 4.79 Å². The summed E-state index contributed by atoms with van der Waals surface area (Å²) in [7, 11) is 0. The van der Waals surface area contributed by atoms with Gasteiger partial charge in [-0.1, -0.05) is 41.9 Å². The van der Waals surface area contributed by atoms with Crippen molar-refractivity contribution < 1.29 is 4.79 Å². The molecule has 0 radical (unpaired) electrons. The van der Waals surface area contributed by atoms with E-state index < -0.39 is 0 Å². The fraction of sp³-hybridized carbons (Fsp3) is 0.188. The second-order valence-corrected chi connectivity index (χ2v) is 5.28. The lowest BCUT2D eigenvalue weighted by atomic mass is 10.1. The number of nitrogens with zero attached hydrogens (tertiary/aromatic N) is 1. The summed E-state index contributed by atoms with van der Waals surface area (Å²) in [6, 6.07) is 15.6. The van der Waals surface area contributed by atoms with Crippen LogP contribution in [-0.4, -0.2) is 12.5 Å². The fourth-order valence-corrected chi connectivity index (χ4v) is 2.66. The number of para-hydroxylation sites is 1. The second kappa shape index (κ2) is 5.65. The number of rotatable bonds is 2. The average Bonchev–Trinajstić information content (AvgIpc) is 2.59. The Morgan fingerprint density at radius 3 is 2.80 bits per heavy atom. The van der Waals surface area contributed by atoms with Crippen LogP contribution >= 0.6 is 11.6 Å². The molecule has 1 N–H and O–H groups in total. The first-order chi connectivity index (χ1) is 9.74. The number of nitrogens with one attached hydrogen (secondary N) is 1. The van der Waals surface area contributed by atoms with E-state index in [4.69, 9.17) is 11.6 Å². The molecule has 3 nitrogen and oxygen atoms in total. The highest BCUT2D eigenvalue weighted by Crippen LogP contribution is 2.25. The van der Waals surface area contributed by atoms with E-state index in [-0.39, 0.29) is 5.91 Å². The van der Waals surface area contributed by atoms with E-state index in [0.717, 1.165) is 16.8 Å². The SMILES string of the molecule is O=C1CNCc2ccccc2N1Cc1cccc(Cl)c1. The summed E-state index contributed by atoms with van der Waals surface area (Å²) in [4.78, 5) is 14.1. The first-order valence-electron chi connectivity index (χ1n) is 6.57. The van der Waals surface area contributed by atoms with Gasteiger partial charge in [0.15, 0.2) is 0 Å². The maximum atomic E-state index is 12.3. The number of hydrogen-bond donors (Lipinski definition) is 1. The van der Waals surface area contributed by atoms with E-state index in [1.807, 2.05) is 53.4 Å². The number of carbonyl (C=O) groups is 1. The molecule has 1 amide bonds. The molecule has 1 aliphatic heterocycles. The van der Waals surface area contributed by atoms with Crippen molar-refractivity contribution in [2.24, 2.45) is 0 Å². The van der Waals surface area contributed by atoms with Crippen LogP contribution in [0.4, 0.5) is 5.69 Å². The number of amides is 1. The van der Waals surface area contributed by atoms with Gasteiger partial charge in [0.25, 0.3) is 0 Å². The maximum Gasteiger partial charge on any atom is 0.241 e. The number of benzene rings is 2. The summed E-state index contributed by atoms with van der Waals surface area (Å²) >= 11 is 6.02. The van der Waals surface area contributed by atoms with Gasteiger partial charge in [0, 0.05) is 17.3 Å². The first kappa shape index (κ1) is 13.2. The van der Waals surface area contributed by atoms with Crippen molar-refractivity contribution in [3.8, 4) is 0 Å². The van der Waals surface area contributed by atoms with Crippen molar-refractivity contribution in [1.82, 2.24) is 5.32 Å². The van der Waals surface area contributed by atoms with Crippen molar-refractivity contribution in [2.75, 3.05) is 11.4 Å². The van der Waals surface area contributed by atoms with Crippen LogP contribution in [0.5, 0.6) is 0 Å². The smallest absolute Gasteiger partial charge is 0.241 e. The van der Waals surface area contributed by atoms with Crippen LogP contribution in [-0.2, 0) is 17.9 Å². The largest absolute Gasteiger partial charge is 0.307 e. The fourth-order valence-electron chi connectivity index (χ4n) is 2.45. The van der Waals surface area contributed by atoms with Crippen LogP contribution in [0.3, 0.4) is 0 Å². The summed E-state index contributed by atoms with van der Waals surface area (Å²) in [5.41, 5.74) is 3.14. The third-order valence-electron chi connectivity index (χ3n) is 3.40. The van der Waals surface area contributed by atoms with Crippen LogP contribution in [0, 0.1) is 0 Å². The molecule has 0 aromatic heterocycles. The Balaban J connectivity index is 1.96. The van der Waals surface area contributed by atoms with Gasteiger partial charge in [0.1, 0.15) is 0 Å². The van der Waals surface area contributed by atoms with Crippen molar-refractivity contribution in [2.45, 2.75) is 13.1 Å². The van der Waals surface area contributed by atoms with Gasteiger partial charge >= 0.3 is 0 Å². The van der Waals surface area contributed by atoms with Crippen molar-refractivity contribution in [3.05, 3.63) is 64.7 Å². The minimum Gasteiger partial charge on any atom is -0.307 e. The van der Waals surface area contributed by atoms with Crippen LogP contribution in [0.1, 0.15) is 11.1 Å². The first-order valence-corrected chi connectivity index (χ1v) is 6.95. The Hall–Kier alpha value is -1.84. The molecule has 0 aliphatic carbocycles. The topological polar surface area (TPSA) is 32.3 Å². The normalized spacial score (nSPS) is 14.8. The van der Waals surface area contributed by atoms with E-state index in [0.29, 0.717) is 24.7 Å². The number of carbonyl (C=O) groups excluding carboxylic acids is 1. The number of anilines is 1. The number of fused-ring (bicyclic) bond motifs is 1. The molecular formula is C16H15ClN2O. The zero-order valence-corrected chi connectivity index (χ0v) is 11.7. The lowest BCUT2D eigenvalue weighted by Gasteiger charge is -2.22. The zero-order chi connectivity index (χ0) is 13.9. The highest BCUT2D eigenvalue weighted by Gasteiger charge is 2.21. The molecule has 0 unspecified atom stereocenters. The molecule has 3 rings (SSSR count). The predicted octanol–water partition coefficient (Wildman–Crippen LogP) is 2.98. The Morgan fingerprint density at radius 1 is 1.10 bits per heavy atom. The van der Waals surface area contributed by atoms with E-state index in [2.05, 4.69) is 5.32 Å². The number of halogens is 1. The standard InChI is InChI=1S/C16H15ClN2O/c17-14-6-3-4-12(8-14)11-19-15-7-2-1-5-13(15)9-18-10-16(19)20/h1-8,18H,9-11H2. The van der Waals surface area contributed by atoms with Crippen molar-refractivity contribution in [1.29, 1.82) is 0 Å². The maximum absolute atomic E-state index is 12.3. The highest BCUT2D eigenvalue weighted by atomic mass is 35.5. The van der Waals surface area contributed by atoms with Gasteiger partial charge in [-0.25, -0.2) is 0 Å². The van der Waals surface area contributed by atoms with Crippen LogP contribution in [0.25, 0.3) is 0 Å². The average molecular weight is 287 g/mol. The molecule has 0 saturated heterocycles. The molecule has 1 aliphatic rings. The summed E-state index contributed by atoms with van der Waals surface area (Å²) in [6.45, 7) is 1.61. The lowest BCUT2D eigenvalue weighted by Crippen LogP contribution is -2.35. The van der Waals surface area contributed by atoms with E-state index in [1.54, 1.807) is 0 Å². The van der Waals surface area contributed by atoms with Crippen LogP contribution < -0.4 is 10.2 Å². The molecule has 0 atom stereocenters.